The van der Waals surface area contributed by atoms with Crippen molar-refractivity contribution in [1.82, 2.24) is 0 Å². The van der Waals surface area contributed by atoms with Gasteiger partial charge in [-0.1, -0.05) is 6.08 Å². The van der Waals surface area contributed by atoms with Crippen LogP contribution >= 0.6 is 0 Å². The first-order valence-corrected chi connectivity index (χ1v) is 4.28. The molecule has 0 N–H and O–H groups in total. The zero-order valence-corrected chi connectivity index (χ0v) is 8.53. The lowest BCUT2D eigenvalue weighted by Gasteiger charge is -1.74. The molecule has 0 radical (unpaired) electrons. The largest absolute Gasteiger partial charge is 0.362 e. The van der Waals surface area contributed by atoms with Crippen molar-refractivity contribution >= 4 is 11.6 Å². The molecule has 0 spiro atoms. The smallest absolute Gasteiger partial charge is 0.161 e. The van der Waals surface area contributed by atoms with Crippen LogP contribution in [0.5, 0.6) is 0 Å². The summed E-state index contributed by atoms with van der Waals surface area (Å²) in [5.74, 6) is 0.255. The Bertz CT molecular complexity index is 218. The first kappa shape index (κ1) is 12.0. The maximum absolute atomic E-state index is 10.3. The van der Waals surface area contributed by atoms with Crippen LogP contribution in [0.25, 0.3) is 0 Å². The molecule has 1 aliphatic rings. The molecule has 0 bridgehead atoms. The molecular weight excluding hydrogens is 168 g/mol. The van der Waals surface area contributed by atoms with E-state index in [4.69, 9.17) is 4.74 Å². The highest BCUT2D eigenvalue weighted by molar-refractivity contribution is 5.87. The number of carbonyl (C=O) groups is 2. The van der Waals surface area contributed by atoms with Crippen LogP contribution in [-0.2, 0) is 14.3 Å². The average Bonchev–Trinajstić information content (AvgIpc) is 2.67. The quantitative estimate of drug-likeness (QED) is 0.482. The SMILES string of the molecule is C/C=C/C(C)=O.CC(=O)[C@@H]1O[C@H]1C. The van der Waals surface area contributed by atoms with Crippen molar-refractivity contribution in [3.63, 3.8) is 0 Å². The molecule has 3 nitrogen and oxygen atoms in total. The zero-order chi connectivity index (χ0) is 10.4. The molecule has 0 aliphatic carbocycles. The minimum Gasteiger partial charge on any atom is -0.362 e. The Hall–Kier alpha value is -0.960. The highest BCUT2D eigenvalue weighted by Crippen LogP contribution is 2.20. The van der Waals surface area contributed by atoms with Gasteiger partial charge in [0.1, 0.15) is 6.10 Å². The summed E-state index contributed by atoms with van der Waals surface area (Å²) in [4.78, 5) is 20.2. The van der Waals surface area contributed by atoms with Gasteiger partial charge in [-0.05, 0) is 33.8 Å². The van der Waals surface area contributed by atoms with Crippen molar-refractivity contribution in [1.29, 1.82) is 0 Å². The zero-order valence-electron chi connectivity index (χ0n) is 8.53. The van der Waals surface area contributed by atoms with Crippen molar-refractivity contribution in [3.8, 4) is 0 Å². The van der Waals surface area contributed by atoms with Crippen molar-refractivity contribution in [3.05, 3.63) is 12.2 Å². The third-order valence-electron chi connectivity index (χ3n) is 1.51. The normalized spacial score (nSPS) is 24.9. The van der Waals surface area contributed by atoms with Gasteiger partial charge in [-0.2, -0.15) is 0 Å². The van der Waals surface area contributed by atoms with Gasteiger partial charge in [0.2, 0.25) is 0 Å². The third-order valence-corrected chi connectivity index (χ3v) is 1.51. The fourth-order valence-electron chi connectivity index (χ4n) is 0.847. The predicted molar refractivity (Wildman–Crippen MR) is 50.5 cm³/mol. The number of ether oxygens (including phenoxy) is 1. The van der Waals surface area contributed by atoms with Gasteiger partial charge in [-0.3, -0.25) is 9.59 Å². The third kappa shape index (κ3) is 6.22. The molecule has 74 valence electrons. The molecule has 0 amide bonds. The molecule has 0 saturated carbocycles. The predicted octanol–water partition coefficient (Wildman–Crippen LogP) is 1.51. The van der Waals surface area contributed by atoms with Crippen LogP contribution in [0.1, 0.15) is 27.7 Å². The number of epoxide rings is 1. The molecule has 13 heavy (non-hydrogen) atoms. The summed E-state index contributed by atoms with van der Waals surface area (Å²) >= 11 is 0. The molecule has 1 rings (SSSR count). The number of hydrogen-bond acceptors (Lipinski definition) is 3. The summed E-state index contributed by atoms with van der Waals surface area (Å²) in [6, 6.07) is 0. The molecule has 1 saturated heterocycles. The molecule has 1 heterocycles. The van der Waals surface area contributed by atoms with Gasteiger partial charge < -0.3 is 4.74 Å². The minimum absolute atomic E-state index is 0.0694. The van der Waals surface area contributed by atoms with E-state index in [1.807, 2.05) is 13.8 Å². The Balaban J connectivity index is 0.000000226. The number of hydrogen-bond donors (Lipinski definition) is 0. The van der Waals surface area contributed by atoms with Crippen LogP contribution in [0.2, 0.25) is 0 Å². The highest BCUT2D eigenvalue weighted by atomic mass is 16.6. The Labute approximate surface area is 78.8 Å². The second-order valence-electron chi connectivity index (χ2n) is 2.98. The van der Waals surface area contributed by atoms with Crippen molar-refractivity contribution in [2.75, 3.05) is 0 Å². The number of rotatable bonds is 2. The van der Waals surface area contributed by atoms with Gasteiger partial charge in [-0.25, -0.2) is 0 Å². The molecule has 0 unspecified atom stereocenters. The number of ketones is 2. The lowest BCUT2D eigenvalue weighted by Crippen LogP contribution is -2.01. The standard InChI is InChI=1S/C5H8O2.C5H8O/c1-3(6)5-4(2)7-5;1-3-4-5(2)6/h4-5H,1-2H3;3-4H,1-2H3/b;4-3+/t4-,5-;/m0./s1. The van der Waals surface area contributed by atoms with Gasteiger partial charge in [0.25, 0.3) is 0 Å². The summed E-state index contributed by atoms with van der Waals surface area (Å²) < 4.78 is 4.83. The first-order chi connectivity index (χ1) is 5.99. The van der Waals surface area contributed by atoms with Gasteiger partial charge >= 0.3 is 0 Å². The number of Topliss-reactive ketones (excluding diaryl/α,β-unsaturated/α-hetero) is 1. The van der Waals surface area contributed by atoms with Crippen LogP contribution in [-0.4, -0.2) is 23.8 Å². The van der Waals surface area contributed by atoms with E-state index in [2.05, 4.69) is 0 Å². The molecule has 0 aromatic heterocycles. The lowest BCUT2D eigenvalue weighted by atomic mass is 10.3. The Morgan fingerprint density at radius 2 is 1.77 bits per heavy atom. The number of carbonyl (C=O) groups excluding carboxylic acids is 2. The minimum atomic E-state index is -0.0694. The second-order valence-corrected chi connectivity index (χ2v) is 2.98. The van der Waals surface area contributed by atoms with Gasteiger partial charge in [0, 0.05) is 0 Å². The van der Waals surface area contributed by atoms with Crippen molar-refractivity contribution in [2.24, 2.45) is 0 Å². The average molecular weight is 184 g/mol. The molecule has 0 aromatic rings. The van der Waals surface area contributed by atoms with E-state index in [1.54, 1.807) is 13.0 Å². The van der Waals surface area contributed by atoms with Gasteiger partial charge in [0.15, 0.2) is 11.6 Å². The molecule has 2 atom stereocenters. The van der Waals surface area contributed by atoms with E-state index in [1.165, 1.54) is 13.0 Å². The fourth-order valence-corrected chi connectivity index (χ4v) is 0.847. The van der Waals surface area contributed by atoms with Crippen LogP contribution in [0.4, 0.5) is 0 Å². The Kier molecular flexibility index (Phi) is 5.23. The topological polar surface area (TPSA) is 46.7 Å². The van der Waals surface area contributed by atoms with E-state index in [-0.39, 0.29) is 23.8 Å². The summed E-state index contributed by atoms with van der Waals surface area (Å²) in [7, 11) is 0. The van der Waals surface area contributed by atoms with Crippen LogP contribution in [0.3, 0.4) is 0 Å². The van der Waals surface area contributed by atoms with Crippen LogP contribution < -0.4 is 0 Å². The molecular formula is C10H16O3. The van der Waals surface area contributed by atoms with Crippen LogP contribution in [0, 0.1) is 0 Å². The Morgan fingerprint density at radius 1 is 1.31 bits per heavy atom. The molecule has 0 aromatic carbocycles. The van der Waals surface area contributed by atoms with Crippen LogP contribution in [0.15, 0.2) is 12.2 Å². The molecule has 1 aliphatic heterocycles. The first-order valence-electron chi connectivity index (χ1n) is 4.28. The van der Waals surface area contributed by atoms with E-state index in [0.29, 0.717) is 0 Å². The van der Waals surface area contributed by atoms with Crippen molar-refractivity contribution < 1.29 is 14.3 Å². The van der Waals surface area contributed by atoms with E-state index < -0.39 is 0 Å². The van der Waals surface area contributed by atoms with Gasteiger partial charge in [0.05, 0.1) is 6.10 Å². The fraction of sp³-hybridized carbons (Fsp3) is 0.600. The summed E-state index contributed by atoms with van der Waals surface area (Å²) in [6.07, 6.45) is 3.37. The maximum atomic E-state index is 10.3. The van der Waals surface area contributed by atoms with Gasteiger partial charge in [-0.15, -0.1) is 0 Å². The highest BCUT2D eigenvalue weighted by Gasteiger charge is 2.37. The monoisotopic (exact) mass is 184 g/mol. The Morgan fingerprint density at radius 3 is 1.77 bits per heavy atom. The van der Waals surface area contributed by atoms with E-state index >= 15 is 0 Å². The maximum Gasteiger partial charge on any atom is 0.161 e. The van der Waals surface area contributed by atoms with E-state index in [9.17, 15) is 9.59 Å². The summed E-state index contributed by atoms with van der Waals surface area (Å²) in [5.41, 5.74) is 0. The summed E-state index contributed by atoms with van der Waals surface area (Å²) in [6.45, 7) is 6.79. The lowest BCUT2D eigenvalue weighted by molar-refractivity contribution is -0.118. The number of allylic oxidation sites excluding steroid dienone is 2. The van der Waals surface area contributed by atoms with Crippen molar-refractivity contribution in [2.45, 2.75) is 39.9 Å². The summed E-state index contributed by atoms with van der Waals surface area (Å²) in [5, 5.41) is 0. The molecule has 3 heteroatoms. The second kappa shape index (κ2) is 5.65. The van der Waals surface area contributed by atoms with E-state index in [0.717, 1.165) is 0 Å². The molecule has 1 fully saturated rings.